The molecule has 1 aliphatic rings. The second-order valence-electron chi connectivity index (χ2n) is 4.70. The van der Waals surface area contributed by atoms with Gasteiger partial charge in [-0.25, -0.2) is 8.78 Å². The number of hydrogen-bond acceptors (Lipinski definition) is 2. The predicted octanol–water partition coefficient (Wildman–Crippen LogP) is 1.71. The fourth-order valence-electron chi connectivity index (χ4n) is 2.19. The fraction of sp³-hybridized carbons (Fsp3) is 0.429. The summed E-state index contributed by atoms with van der Waals surface area (Å²) >= 11 is 0. The van der Waals surface area contributed by atoms with Crippen LogP contribution in [-0.2, 0) is 4.79 Å². The van der Waals surface area contributed by atoms with E-state index in [0.717, 1.165) is 19.0 Å². The van der Waals surface area contributed by atoms with Gasteiger partial charge in [0.15, 0.2) is 11.6 Å². The first kappa shape index (κ1) is 14.4. The van der Waals surface area contributed by atoms with Crippen molar-refractivity contribution in [1.29, 1.82) is 0 Å². The molecule has 6 heteroatoms. The lowest BCUT2D eigenvalue weighted by Crippen LogP contribution is -2.31. The molecule has 1 aromatic carbocycles. The molecule has 108 valence electrons. The van der Waals surface area contributed by atoms with Gasteiger partial charge in [0.25, 0.3) is 5.91 Å². The maximum absolute atomic E-state index is 13.4. The van der Waals surface area contributed by atoms with Gasteiger partial charge >= 0.3 is 0 Å². The maximum Gasteiger partial charge on any atom is 0.254 e. The van der Waals surface area contributed by atoms with E-state index in [4.69, 9.17) is 0 Å². The summed E-state index contributed by atoms with van der Waals surface area (Å²) < 4.78 is 26.3. The minimum Gasteiger partial charge on any atom is -0.352 e. The largest absolute Gasteiger partial charge is 0.352 e. The first-order valence-corrected chi connectivity index (χ1v) is 6.59. The topological polar surface area (TPSA) is 49.4 Å². The number of amides is 2. The molecule has 20 heavy (non-hydrogen) atoms. The molecule has 0 atom stereocenters. The molecule has 0 bridgehead atoms. The van der Waals surface area contributed by atoms with Gasteiger partial charge in [0.05, 0.1) is 5.56 Å². The first-order chi connectivity index (χ1) is 9.59. The van der Waals surface area contributed by atoms with Crippen molar-refractivity contribution in [2.45, 2.75) is 19.3 Å². The van der Waals surface area contributed by atoms with Crippen LogP contribution in [0.4, 0.5) is 8.78 Å². The molecule has 0 aromatic heterocycles. The molecule has 1 N–H and O–H groups in total. The Morgan fingerprint density at radius 1 is 1.35 bits per heavy atom. The fourth-order valence-corrected chi connectivity index (χ4v) is 2.19. The minimum atomic E-state index is -1.14. The number of nitrogens with zero attached hydrogens (tertiary/aromatic N) is 1. The maximum atomic E-state index is 13.4. The summed E-state index contributed by atoms with van der Waals surface area (Å²) in [5.41, 5.74) is -0.303. The number of halogens is 2. The SMILES string of the molecule is O=C(NCCCN1CCCC1=O)c1cccc(F)c1F. The number of rotatable bonds is 5. The summed E-state index contributed by atoms with van der Waals surface area (Å²) in [5, 5.41) is 2.52. The van der Waals surface area contributed by atoms with E-state index in [2.05, 4.69) is 5.32 Å². The van der Waals surface area contributed by atoms with Crippen LogP contribution in [0, 0.1) is 11.6 Å². The third-order valence-electron chi connectivity index (χ3n) is 3.26. The van der Waals surface area contributed by atoms with E-state index >= 15 is 0 Å². The second-order valence-corrected chi connectivity index (χ2v) is 4.70. The third kappa shape index (κ3) is 3.31. The van der Waals surface area contributed by atoms with Crippen molar-refractivity contribution in [3.63, 3.8) is 0 Å². The van der Waals surface area contributed by atoms with Gasteiger partial charge in [0.1, 0.15) is 0 Å². The van der Waals surface area contributed by atoms with Gasteiger partial charge in [-0.1, -0.05) is 6.07 Å². The van der Waals surface area contributed by atoms with E-state index in [1.807, 2.05) is 0 Å². The monoisotopic (exact) mass is 282 g/mol. The van der Waals surface area contributed by atoms with Crippen molar-refractivity contribution in [2.75, 3.05) is 19.6 Å². The molecule has 0 radical (unpaired) electrons. The van der Waals surface area contributed by atoms with Crippen LogP contribution in [0.1, 0.15) is 29.6 Å². The third-order valence-corrected chi connectivity index (χ3v) is 3.26. The number of nitrogens with one attached hydrogen (secondary N) is 1. The molecule has 1 heterocycles. The Morgan fingerprint density at radius 2 is 2.15 bits per heavy atom. The van der Waals surface area contributed by atoms with Crippen LogP contribution in [-0.4, -0.2) is 36.3 Å². The zero-order chi connectivity index (χ0) is 14.5. The average molecular weight is 282 g/mol. The zero-order valence-electron chi connectivity index (χ0n) is 11.0. The van der Waals surface area contributed by atoms with Crippen molar-refractivity contribution < 1.29 is 18.4 Å². The van der Waals surface area contributed by atoms with Crippen molar-refractivity contribution >= 4 is 11.8 Å². The van der Waals surface area contributed by atoms with E-state index in [0.29, 0.717) is 25.9 Å². The number of likely N-dealkylation sites (tertiary alicyclic amines) is 1. The highest BCUT2D eigenvalue weighted by Gasteiger charge is 2.19. The molecule has 0 aliphatic carbocycles. The normalized spacial score (nSPS) is 14.7. The summed E-state index contributed by atoms with van der Waals surface area (Å²) in [7, 11) is 0. The van der Waals surface area contributed by atoms with Crippen LogP contribution in [0.5, 0.6) is 0 Å². The summed E-state index contributed by atoms with van der Waals surface area (Å²) in [5.74, 6) is -2.69. The molecular weight excluding hydrogens is 266 g/mol. The lowest BCUT2D eigenvalue weighted by Gasteiger charge is -2.15. The van der Waals surface area contributed by atoms with Gasteiger partial charge in [-0.05, 0) is 25.0 Å². The van der Waals surface area contributed by atoms with E-state index < -0.39 is 17.5 Å². The molecule has 4 nitrogen and oxygen atoms in total. The van der Waals surface area contributed by atoms with Crippen LogP contribution >= 0.6 is 0 Å². The Hall–Kier alpha value is -1.98. The van der Waals surface area contributed by atoms with Crippen molar-refractivity contribution in [1.82, 2.24) is 10.2 Å². The predicted molar refractivity (Wildman–Crippen MR) is 69.1 cm³/mol. The Bertz CT molecular complexity index is 520. The lowest BCUT2D eigenvalue weighted by atomic mass is 10.2. The molecule has 0 unspecified atom stereocenters. The molecule has 2 rings (SSSR count). The van der Waals surface area contributed by atoms with Gasteiger partial charge in [-0.15, -0.1) is 0 Å². The van der Waals surface area contributed by atoms with Gasteiger partial charge in [-0.3, -0.25) is 9.59 Å². The van der Waals surface area contributed by atoms with Crippen LogP contribution in [0.15, 0.2) is 18.2 Å². The first-order valence-electron chi connectivity index (χ1n) is 6.59. The summed E-state index contributed by atoms with van der Waals surface area (Å²) in [6.07, 6.45) is 2.05. The van der Waals surface area contributed by atoms with Crippen molar-refractivity contribution in [3.05, 3.63) is 35.4 Å². The highest BCUT2D eigenvalue weighted by Crippen LogP contribution is 2.11. The molecule has 0 saturated carbocycles. The molecule has 2 amide bonds. The smallest absolute Gasteiger partial charge is 0.254 e. The quantitative estimate of drug-likeness (QED) is 0.836. The molecule has 0 spiro atoms. The Balaban J connectivity index is 1.78. The van der Waals surface area contributed by atoms with Gasteiger partial charge < -0.3 is 10.2 Å². The second kappa shape index (κ2) is 6.45. The number of carbonyl (C=O) groups excluding carboxylic acids is 2. The lowest BCUT2D eigenvalue weighted by molar-refractivity contribution is -0.127. The standard InChI is InChI=1S/C14H16F2N2O2/c15-11-5-1-4-10(13(11)16)14(20)17-7-3-9-18-8-2-6-12(18)19/h1,4-5H,2-3,6-9H2,(H,17,20). The Labute approximate surface area is 115 Å². The molecule has 1 aliphatic heterocycles. The van der Waals surface area contributed by atoms with Gasteiger partial charge in [-0.2, -0.15) is 0 Å². The van der Waals surface area contributed by atoms with Gasteiger partial charge in [0, 0.05) is 26.1 Å². The number of benzene rings is 1. The summed E-state index contributed by atoms with van der Waals surface area (Å²) in [6, 6.07) is 3.49. The van der Waals surface area contributed by atoms with E-state index in [-0.39, 0.29) is 11.5 Å². The van der Waals surface area contributed by atoms with Crippen LogP contribution in [0.3, 0.4) is 0 Å². The van der Waals surface area contributed by atoms with E-state index in [1.165, 1.54) is 12.1 Å². The average Bonchev–Trinajstić information content (AvgIpc) is 2.83. The number of carbonyl (C=O) groups is 2. The Morgan fingerprint density at radius 3 is 2.85 bits per heavy atom. The van der Waals surface area contributed by atoms with Crippen LogP contribution in [0.2, 0.25) is 0 Å². The van der Waals surface area contributed by atoms with Crippen LogP contribution in [0.25, 0.3) is 0 Å². The highest BCUT2D eigenvalue weighted by atomic mass is 19.2. The van der Waals surface area contributed by atoms with E-state index in [1.54, 1.807) is 4.90 Å². The van der Waals surface area contributed by atoms with E-state index in [9.17, 15) is 18.4 Å². The minimum absolute atomic E-state index is 0.132. The Kier molecular flexibility index (Phi) is 4.65. The van der Waals surface area contributed by atoms with Gasteiger partial charge in [0.2, 0.25) is 5.91 Å². The highest BCUT2D eigenvalue weighted by molar-refractivity contribution is 5.94. The summed E-state index contributed by atoms with van der Waals surface area (Å²) in [4.78, 5) is 24.8. The van der Waals surface area contributed by atoms with Crippen LogP contribution < -0.4 is 5.32 Å². The molecule has 1 fully saturated rings. The molecule has 1 aromatic rings. The summed E-state index contributed by atoms with van der Waals surface area (Å²) in [6.45, 7) is 1.65. The number of hydrogen-bond donors (Lipinski definition) is 1. The molecular formula is C14H16F2N2O2. The zero-order valence-corrected chi connectivity index (χ0v) is 11.0. The van der Waals surface area contributed by atoms with Crippen molar-refractivity contribution in [3.8, 4) is 0 Å². The molecule has 1 saturated heterocycles. The van der Waals surface area contributed by atoms with Crippen molar-refractivity contribution in [2.24, 2.45) is 0 Å².